The molecule has 3 rings (SSSR count). The second kappa shape index (κ2) is 4.70. The Bertz CT molecular complexity index is 716. The van der Waals surface area contributed by atoms with Gasteiger partial charge >= 0.3 is 11.7 Å². The molecular weight excluding hydrogens is 256 g/mol. The van der Waals surface area contributed by atoms with E-state index >= 15 is 0 Å². The number of aromatic nitrogens is 2. The number of hydrogen-bond acceptors (Lipinski definition) is 2. The molecule has 0 radical (unpaired) electrons. The lowest BCUT2D eigenvalue weighted by Crippen LogP contribution is -2.46. The lowest BCUT2D eigenvalue weighted by atomic mass is 10.1. The number of benzene rings is 1. The Hall–Kier alpha value is -2.24. The zero-order valence-electron chi connectivity index (χ0n) is 11.4. The molecule has 1 aliphatic rings. The largest absolute Gasteiger partial charge is 0.351 e. The first-order chi connectivity index (χ1) is 9.59. The van der Waals surface area contributed by atoms with Gasteiger partial charge in [0.05, 0.1) is 11.0 Å². The van der Waals surface area contributed by atoms with E-state index in [1.807, 2.05) is 25.1 Å². The number of hydrogen-bond donors (Lipinski definition) is 2. The van der Waals surface area contributed by atoms with Crippen molar-refractivity contribution in [2.75, 3.05) is 6.54 Å². The van der Waals surface area contributed by atoms with Gasteiger partial charge in [0.1, 0.15) is 6.17 Å². The smallest absolute Gasteiger partial charge is 0.328 e. The van der Waals surface area contributed by atoms with Gasteiger partial charge in [-0.05, 0) is 37.8 Å². The minimum atomic E-state index is -0.469. The molecule has 1 aromatic carbocycles. The molecule has 1 aliphatic heterocycles. The number of para-hydroxylation sites is 1. The number of piperidine rings is 1. The van der Waals surface area contributed by atoms with E-state index < -0.39 is 6.03 Å². The third kappa shape index (κ3) is 1.88. The van der Waals surface area contributed by atoms with E-state index in [2.05, 4.69) is 4.98 Å². The third-order valence-electron chi connectivity index (χ3n) is 4.01. The van der Waals surface area contributed by atoms with E-state index in [0.717, 1.165) is 35.9 Å². The Morgan fingerprint density at radius 2 is 2.20 bits per heavy atom. The van der Waals surface area contributed by atoms with Crippen LogP contribution in [0.15, 0.2) is 23.0 Å². The van der Waals surface area contributed by atoms with Gasteiger partial charge in [-0.3, -0.25) is 4.57 Å². The van der Waals surface area contributed by atoms with Crippen molar-refractivity contribution in [1.82, 2.24) is 14.5 Å². The van der Waals surface area contributed by atoms with Gasteiger partial charge in [-0.25, -0.2) is 9.59 Å². The quantitative estimate of drug-likeness (QED) is 0.829. The van der Waals surface area contributed by atoms with Crippen LogP contribution in [0.1, 0.15) is 31.0 Å². The molecule has 1 fully saturated rings. The standard InChI is InChI=1S/C14H18N4O2/c1-9-5-4-6-10-12(9)16-14(20)18(10)11-7-2-3-8-17(11)13(15)19/h4-6,11H,2-3,7-8H2,1H3,(H2,15,19)(H,16,20). The Morgan fingerprint density at radius 1 is 1.40 bits per heavy atom. The molecular formula is C14H18N4O2. The molecule has 20 heavy (non-hydrogen) atoms. The Balaban J connectivity index is 2.18. The highest BCUT2D eigenvalue weighted by atomic mass is 16.2. The number of fused-ring (bicyclic) bond motifs is 1. The van der Waals surface area contributed by atoms with Gasteiger partial charge in [-0.15, -0.1) is 0 Å². The highest BCUT2D eigenvalue weighted by Gasteiger charge is 2.29. The summed E-state index contributed by atoms with van der Waals surface area (Å²) < 4.78 is 1.66. The van der Waals surface area contributed by atoms with Crippen LogP contribution in [0.5, 0.6) is 0 Å². The van der Waals surface area contributed by atoms with E-state index in [0.29, 0.717) is 6.54 Å². The van der Waals surface area contributed by atoms with Gasteiger partial charge in [0.2, 0.25) is 0 Å². The van der Waals surface area contributed by atoms with Gasteiger partial charge in [0, 0.05) is 6.54 Å². The van der Waals surface area contributed by atoms with E-state index in [-0.39, 0.29) is 11.9 Å². The number of H-pyrrole nitrogens is 1. The zero-order valence-corrected chi connectivity index (χ0v) is 11.4. The number of primary amides is 1. The van der Waals surface area contributed by atoms with Gasteiger partial charge in [-0.2, -0.15) is 0 Å². The van der Waals surface area contributed by atoms with Crippen molar-refractivity contribution < 1.29 is 4.79 Å². The number of rotatable bonds is 1. The lowest BCUT2D eigenvalue weighted by Gasteiger charge is -2.34. The van der Waals surface area contributed by atoms with Crippen molar-refractivity contribution in [2.45, 2.75) is 32.4 Å². The van der Waals surface area contributed by atoms with E-state index in [9.17, 15) is 9.59 Å². The summed E-state index contributed by atoms with van der Waals surface area (Å²) in [6, 6.07) is 5.30. The van der Waals surface area contributed by atoms with Crippen LogP contribution < -0.4 is 11.4 Å². The van der Waals surface area contributed by atoms with Crippen LogP contribution >= 0.6 is 0 Å². The van der Waals surface area contributed by atoms with Crippen molar-refractivity contribution in [1.29, 1.82) is 0 Å². The first-order valence-corrected chi connectivity index (χ1v) is 6.85. The molecule has 2 heterocycles. The van der Waals surface area contributed by atoms with E-state index in [1.165, 1.54) is 0 Å². The number of nitrogens with one attached hydrogen (secondary N) is 1. The SMILES string of the molecule is Cc1cccc2c1[nH]c(=O)n2C1CCCCN1C(N)=O. The number of carbonyl (C=O) groups excluding carboxylic acids is 1. The third-order valence-corrected chi connectivity index (χ3v) is 4.01. The molecule has 0 bridgehead atoms. The number of likely N-dealkylation sites (tertiary alicyclic amines) is 1. The predicted molar refractivity (Wildman–Crippen MR) is 76.5 cm³/mol. The molecule has 6 nitrogen and oxygen atoms in total. The fraction of sp³-hybridized carbons (Fsp3) is 0.429. The highest BCUT2D eigenvalue weighted by Crippen LogP contribution is 2.28. The number of carbonyl (C=O) groups is 1. The van der Waals surface area contributed by atoms with Crippen LogP contribution in [-0.2, 0) is 0 Å². The summed E-state index contributed by atoms with van der Waals surface area (Å²) in [5.41, 5.74) is 7.93. The minimum absolute atomic E-state index is 0.188. The normalized spacial score (nSPS) is 19.4. The Kier molecular flexibility index (Phi) is 3.00. The summed E-state index contributed by atoms with van der Waals surface area (Å²) in [4.78, 5) is 28.3. The van der Waals surface area contributed by atoms with Crippen LogP contribution in [0.3, 0.4) is 0 Å². The van der Waals surface area contributed by atoms with Crippen molar-refractivity contribution in [2.24, 2.45) is 5.73 Å². The number of nitrogens with zero attached hydrogens (tertiary/aromatic N) is 2. The summed E-state index contributed by atoms with van der Waals surface area (Å²) in [5.74, 6) is 0. The molecule has 1 unspecified atom stereocenters. The number of aromatic amines is 1. The van der Waals surface area contributed by atoms with Gasteiger partial charge in [-0.1, -0.05) is 12.1 Å². The molecule has 1 aromatic heterocycles. The van der Waals surface area contributed by atoms with Crippen LogP contribution in [-0.4, -0.2) is 27.0 Å². The summed E-state index contributed by atoms with van der Waals surface area (Å²) in [7, 11) is 0. The van der Waals surface area contributed by atoms with Crippen LogP contribution in [0.4, 0.5) is 4.79 Å². The molecule has 3 N–H and O–H groups in total. The summed E-state index contributed by atoms with van der Waals surface area (Å²) in [6.45, 7) is 2.56. The first-order valence-electron chi connectivity index (χ1n) is 6.85. The number of aryl methyl sites for hydroxylation is 1. The second-order valence-electron chi connectivity index (χ2n) is 5.28. The van der Waals surface area contributed by atoms with E-state index in [4.69, 9.17) is 5.73 Å². The molecule has 2 aromatic rings. The molecule has 0 spiro atoms. The van der Waals surface area contributed by atoms with Gasteiger partial charge in [0.25, 0.3) is 0 Å². The van der Waals surface area contributed by atoms with Crippen LogP contribution in [0.25, 0.3) is 11.0 Å². The Labute approximate surface area is 116 Å². The second-order valence-corrected chi connectivity index (χ2v) is 5.28. The van der Waals surface area contributed by atoms with E-state index in [1.54, 1.807) is 9.47 Å². The van der Waals surface area contributed by atoms with Crippen LogP contribution in [0.2, 0.25) is 0 Å². The molecule has 2 amide bonds. The van der Waals surface area contributed by atoms with Gasteiger partial charge < -0.3 is 15.6 Å². The van der Waals surface area contributed by atoms with Gasteiger partial charge in [0.15, 0.2) is 0 Å². The van der Waals surface area contributed by atoms with Crippen molar-refractivity contribution in [3.8, 4) is 0 Å². The molecule has 106 valence electrons. The fourth-order valence-corrected chi connectivity index (χ4v) is 3.03. The topological polar surface area (TPSA) is 84.1 Å². The van der Waals surface area contributed by atoms with Crippen molar-refractivity contribution in [3.05, 3.63) is 34.2 Å². The maximum atomic E-state index is 12.3. The molecule has 0 saturated carbocycles. The average molecular weight is 274 g/mol. The molecule has 6 heteroatoms. The first kappa shape index (κ1) is 12.8. The number of imidazole rings is 1. The Morgan fingerprint density at radius 3 is 2.95 bits per heavy atom. The summed E-state index contributed by atoms with van der Waals surface area (Å²) in [6.07, 6.45) is 2.38. The average Bonchev–Trinajstić information content (AvgIpc) is 2.76. The van der Waals surface area contributed by atoms with Crippen molar-refractivity contribution in [3.63, 3.8) is 0 Å². The summed E-state index contributed by atoms with van der Waals surface area (Å²) >= 11 is 0. The lowest BCUT2D eigenvalue weighted by molar-refractivity contribution is 0.123. The van der Waals surface area contributed by atoms with Crippen molar-refractivity contribution >= 4 is 17.1 Å². The molecule has 1 saturated heterocycles. The molecule has 1 atom stereocenters. The minimum Gasteiger partial charge on any atom is -0.351 e. The fourth-order valence-electron chi connectivity index (χ4n) is 3.03. The summed E-state index contributed by atoms with van der Waals surface area (Å²) in [5, 5.41) is 0. The van der Waals surface area contributed by atoms with Crippen LogP contribution in [0, 0.1) is 6.92 Å². The molecule has 0 aliphatic carbocycles. The zero-order chi connectivity index (χ0) is 14.3. The number of amides is 2. The maximum Gasteiger partial charge on any atom is 0.328 e. The predicted octanol–water partition coefficient (Wildman–Crippen LogP) is 1.70. The number of urea groups is 1. The number of nitrogens with two attached hydrogens (primary N) is 1. The maximum absolute atomic E-state index is 12.3. The highest BCUT2D eigenvalue weighted by molar-refractivity contribution is 5.79. The monoisotopic (exact) mass is 274 g/mol.